The molecule has 132 valence electrons. The topological polar surface area (TPSA) is 119 Å². The van der Waals surface area contributed by atoms with Crippen LogP contribution in [0.5, 0.6) is 0 Å². The molecule has 0 saturated carbocycles. The Hall–Kier alpha value is -2.55. The summed E-state index contributed by atoms with van der Waals surface area (Å²) in [6.45, 7) is 3.19. The molecule has 0 aliphatic rings. The molecule has 2 N–H and O–H groups in total. The molecule has 0 saturated heterocycles. The van der Waals surface area contributed by atoms with Crippen molar-refractivity contribution in [2.24, 2.45) is 0 Å². The van der Waals surface area contributed by atoms with Crippen LogP contribution in [0.25, 0.3) is 5.76 Å². The normalized spacial score (nSPS) is 12.1. The maximum absolute atomic E-state index is 11.9. The van der Waals surface area contributed by atoms with Crippen molar-refractivity contribution in [3.63, 3.8) is 0 Å². The molecule has 0 fully saturated rings. The minimum atomic E-state index is -4.08. The first kappa shape index (κ1) is 19.5. The fourth-order valence-electron chi connectivity index (χ4n) is 1.82. The van der Waals surface area contributed by atoms with E-state index in [1.807, 2.05) is 0 Å². The average molecular weight is 357 g/mol. The molecule has 0 radical (unpaired) electrons. The summed E-state index contributed by atoms with van der Waals surface area (Å²) in [5.74, 6) is -1.99. The highest BCUT2D eigenvalue weighted by atomic mass is 32.2. The van der Waals surface area contributed by atoms with Crippen LogP contribution in [0.3, 0.4) is 0 Å². The van der Waals surface area contributed by atoms with E-state index < -0.39 is 32.6 Å². The summed E-state index contributed by atoms with van der Waals surface area (Å²) >= 11 is 0. The predicted molar refractivity (Wildman–Crippen MR) is 88.1 cm³/mol. The maximum atomic E-state index is 11.9. The molecular weight excluding hydrogens is 338 g/mol. The van der Waals surface area contributed by atoms with Gasteiger partial charge in [0.1, 0.15) is 0 Å². The first-order valence-corrected chi connectivity index (χ1v) is 8.95. The van der Waals surface area contributed by atoms with Crippen LogP contribution in [0.4, 0.5) is 10.5 Å². The second-order valence-electron chi connectivity index (χ2n) is 4.56. The lowest BCUT2D eigenvalue weighted by Gasteiger charge is -2.13. The van der Waals surface area contributed by atoms with E-state index in [0.717, 1.165) is 6.26 Å². The summed E-state index contributed by atoms with van der Waals surface area (Å²) in [5, 5.41) is 12.7. The number of anilines is 1. The number of ether oxygens (including phenoxy) is 2. The van der Waals surface area contributed by atoms with Gasteiger partial charge in [0, 0.05) is 11.8 Å². The molecule has 0 aliphatic heterocycles. The van der Waals surface area contributed by atoms with Crippen molar-refractivity contribution in [1.29, 1.82) is 0 Å². The molecular formula is C15H19NO7S. The number of para-hydroxylation sites is 1. The Bertz CT molecular complexity index is 753. The van der Waals surface area contributed by atoms with Gasteiger partial charge in [0.2, 0.25) is 0 Å². The Balaban J connectivity index is 3.45. The van der Waals surface area contributed by atoms with Gasteiger partial charge in [-0.3, -0.25) is 5.32 Å². The lowest BCUT2D eigenvalue weighted by molar-refractivity contribution is -0.137. The van der Waals surface area contributed by atoms with Gasteiger partial charge in [-0.1, -0.05) is 12.1 Å². The van der Waals surface area contributed by atoms with E-state index >= 15 is 0 Å². The molecule has 0 aliphatic carbocycles. The molecule has 0 spiro atoms. The number of esters is 1. The summed E-state index contributed by atoms with van der Waals surface area (Å²) in [5.41, 5.74) is 0.0259. The van der Waals surface area contributed by atoms with Gasteiger partial charge in [-0.25, -0.2) is 18.0 Å². The third-order valence-corrected chi connectivity index (χ3v) is 3.84. The van der Waals surface area contributed by atoms with Crippen molar-refractivity contribution >= 4 is 33.3 Å². The first-order chi connectivity index (χ1) is 11.2. The van der Waals surface area contributed by atoms with Crippen LogP contribution >= 0.6 is 0 Å². The molecule has 0 aromatic heterocycles. The van der Waals surface area contributed by atoms with E-state index in [4.69, 9.17) is 4.74 Å². The van der Waals surface area contributed by atoms with Crippen molar-refractivity contribution in [2.75, 3.05) is 24.8 Å². The molecule has 0 unspecified atom stereocenters. The fraction of sp³-hybridized carbons (Fsp3) is 0.333. The largest absolute Gasteiger partial charge is 0.506 e. The van der Waals surface area contributed by atoms with Crippen molar-refractivity contribution in [2.45, 2.75) is 13.8 Å². The standard InChI is InChI=1S/C15H19NO7S/c1-4-22-14(18)13(24(3,20)21)12(17)10-8-6-7-9-11(10)16-15(19)23-5-2/h6-9,17H,4-5H2,1-3H3,(H,16,19)/b13-12+. The van der Waals surface area contributed by atoms with Crippen molar-refractivity contribution < 1.29 is 32.6 Å². The molecule has 0 atom stereocenters. The number of hydrogen-bond acceptors (Lipinski definition) is 7. The van der Waals surface area contributed by atoms with E-state index in [-0.39, 0.29) is 24.5 Å². The Morgan fingerprint density at radius 1 is 1.12 bits per heavy atom. The van der Waals surface area contributed by atoms with Crippen LogP contribution in [0.2, 0.25) is 0 Å². The van der Waals surface area contributed by atoms with Gasteiger partial charge in [-0.2, -0.15) is 0 Å². The van der Waals surface area contributed by atoms with Crippen molar-refractivity contribution in [3.8, 4) is 0 Å². The Morgan fingerprint density at radius 2 is 1.71 bits per heavy atom. The maximum Gasteiger partial charge on any atom is 0.411 e. The van der Waals surface area contributed by atoms with Crippen LogP contribution in [-0.2, 0) is 24.1 Å². The zero-order valence-electron chi connectivity index (χ0n) is 13.5. The molecule has 9 heteroatoms. The number of rotatable bonds is 6. The number of benzene rings is 1. The van der Waals surface area contributed by atoms with E-state index in [9.17, 15) is 23.1 Å². The highest BCUT2D eigenvalue weighted by Gasteiger charge is 2.29. The highest BCUT2D eigenvalue weighted by molar-refractivity contribution is 7.95. The van der Waals surface area contributed by atoms with Crippen LogP contribution < -0.4 is 5.32 Å². The molecule has 24 heavy (non-hydrogen) atoms. The van der Waals surface area contributed by atoms with E-state index in [1.165, 1.54) is 25.1 Å². The smallest absolute Gasteiger partial charge is 0.411 e. The van der Waals surface area contributed by atoms with E-state index in [0.29, 0.717) is 0 Å². The summed E-state index contributed by atoms with van der Waals surface area (Å²) in [7, 11) is -4.08. The Kier molecular flexibility index (Phi) is 6.78. The fourth-order valence-corrected chi connectivity index (χ4v) is 2.64. The number of aliphatic hydroxyl groups excluding tert-OH is 1. The van der Waals surface area contributed by atoms with Crippen LogP contribution in [0.15, 0.2) is 29.2 Å². The third kappa shape index (κ3) is 4.98. The van der Waals surface area contributed by atoms with Crippen molar-refractivity contribution in [1.82, 2.24) is 0 Å². The molecule has 8 nitrogen and oxygen atoms in total. The van der Waals surface area contributed by atoms with Gasteiger partial charge in [0.15, 0.2) is 20.5 Å². The second-order valence-corrected chi connectivity index (χ2v) is 6.51. The SMILES string of the molecule is CCOC(=O)Nc1ccccc1/C(O)=C(/C(=O)OCC)S(C)(=O)=O. The summed E-state index contributed by atoms with van der Waals surface area (Å²) < 4.78 is 33.2. The molecule has 1 aromatic carbocycles. The van der Waals surface area contributed by atoms with E-state index in [1.54, 1.807) is 13.0 Å². The quantitative estimate of drug-likeness (QED) is 0.454. The first-order valence-electron chi connectivity index (χ1n) is 7.05. The number of amides is 1. The summed E-state index contributed by atoms with van der Waals surface area (Å²) in [6.07, 6.45) is -0.00794. The molecule has 0 bridgehead atoms. The minimum Gasteiger partial charge on any atom is -0.506 e. The predicted octanol–water partition coefficient (Wildman–Crippen LogP) is 2.09. The number of nitrogens with one attached hydrogen (secondary N) is 1. The molecule has 1 amide bonds. The third-order valence-electron chi connectivity index (χ3n) is 2.74. The van der Waals surface area contributed by atoms with Gasteiger partial charge in [-0.05, 0) is 26.0 Å². The van der Waals surface area contributed by atoms with Gasteiger partial charge >= 0.3 is 12.1 Å². The summed E-state index contributed by atoms with van der Waals surface area (Å²) in [4.78, 5) is 22.6. The van der Waals surface area contributed by atoms with Crippen molar-refractivity contribution in [3.05, 3.63) is 34.7 Å². The number of sulfone groups is 1. The summed E-state index contributed by atoms with van der Waals surface area (Å²) in [6, 6.07) is 5.84. The number of carbonyl (C=O) groups excluding carboxylic acids is 2. The number of carbonyl (C=O) groups is 2. The zero-order chi connectivity index (χ0) is 18.3. The lowest BCUT2D eigenvalue weighted by Crippen LogP contribution is -2.19. The lowest BCUT2D eigenvalue weighted by atomic mass is 10.1. The number of aliphatic hydroxyl groups is 1. The molecule has 0 heterocycles. The Labute approximate surface area is 140 Å². The molecule has 1 rings (SSSR count). The monoisotopic (exact) mass is 357 g/mol. The Morgan fingerprint density at radius 3 is 2.25 bits per heavy atom. The minimum absolute atomic E-state index is 0.0565. The number of hydrogen-bond donors (Lipinski definition) is 2. The van der Waals surface area contributed by atoms with E-state index in [2.05, 4.69) is 10.1 Å². The van der Waals surface area contributed by atoms with Crippen LogP contribution in [0, 0.1) is 0 Å². The zero-order valence-corrected chi connectivity index (χ0v) is 14.3. The highest BCUT2D eigenvalue weighted by Crippen LogP contribution is 2.27. The average Bonchev–Trinajstić information content (AvgIpc) is 2.46. The van der Waals surface area contributed by atoms with Gasteiger partial charge in [-0.15, -0.1) is 0 Å². The van der Waals surface area contributed by atoms with Crippen LogP contribution in [0.1, 0.15) is 19.4 Å². The van der Waals surface area contributed by atoms with Gasteiger partial charge in [0.05, 0.1) is 18.9 Å². The van der Waals surface area contributed by atoms with Gasteiger partial charge in [0.25, 0.3) is 0 Å². The van der Waals surface area contributed by atoms with Crippen LogP contribution in [-0.4, -0.2) is 45.1 Å². The second kappa shape index (κ2) is 8.34. The van der Waals surface area contributed by atoms with Gasteiger partial charge < -0.3 is 14.6 Å². The molecule has 1 aromatic rings.